The lowest BCUT2D eigenvalue weighted by atomic mass is 9.98. The summed E-state index contributed by atoms with van der Waals surface area (Å²) in [5, 5.41) is 2.80. The first kappa shape index (κ1) is 17.4. The van der Waals surface area contributed by atoms with Crippen molar-refractivity contribution in [2.45, 2.75) is 39.7 Å². The van der Waals surface area contributed by atoms with Crippen LogP contribution in [0.15, 0.2) is 18.2 Å². The summed E-state index contributed by atoms with van der Waals surface area (Å²) < 4.78 is 5.90. The van der Waals surface area contributed by atoms with Gasteiger partial charge in [0.2, 0.25) is 0 Å². The van der Waals surface area contributed by atoms with Crippen molar-refractivity contribution in [3.63, 3.8) is 0 Å². The third kappa shape index (κ3) is 4.77. The Balaban J connectivity index is 1.83. The molecule has 1 saturated heterocycles. The number of hydroxylamine groups is 2. The predicted molar refractivity (Wildman–Crippen MR) is 87.2 cm³/mol. The van der Waals surface area contributed by atoms with Gasteiger partial charge in [0.05, 0.1) is 10.4 Å². The van der Waals surface area contributed by atoms with E-state index in [1.54, 1.807) is 23.3 Å². The van der Waals surface area contributed by atoms with Gasteiger partial charge < -0.3 is 9.57 Å². The number of nitrogens with zero attached hydrogens (tertiary/aromatic N) is 1. The number of rotatable bonds is 3. The molecule has 1 aliphatic heterocycles. The number of benzene rings is 1. The van der Waals surface area contributed by atoms with Gasteiger partial charge in [0, 0.05) is 31.0 Å². The Kier molecular flexibility index (Phi) is 5.59. The van der Waals surface area contributed by atoms with Crippen LogP contribution in [0.2, 0.25) is 10.0 Å². The number of halogens is 2. The van der Waals surface area contributed by atoms with Crippen LogP contribution in [0.25, 0.3) is 0 Å². The van der Waals surface area contributed by atoms with Crippen molar-refractivity contribution in [3.05, 3.63) is 28.2 Å². The van der Waals surface area contributed by atoms with Crippen molar-refractivity contribution in [2.24, 2.45) is 5.41 Å². The minimum Gasteiger partial charge on any atom is -0.489 e. The van der Waals surface area contributed by atoms with E-state index in [-0.39, 0.29) is 12.1 Å². The zero-order valence-corrected chi connectivity index (χ0v) is 14.6. The highest BCUT2D eigenvalue weighted by atomic mass is 35.5. The first-order valence-corrected chi connectivity index (χ1v) is 8.10. The maximum absolute atomic E-state index is 11.9. The molecule has 1 fully saturated rings. The number of hydrogen-bond acceptors (Lipinski definition) is 4. The lowest BCUT2D eigenvalue weighted by Crippen LogP contribution is -2.41. The minimum absolute atomic E-state index is 0.0586. The highest BCUT2D eigenvalue weighted by molar-refractivity contribution is 6.35. The first-order chi connectivity index (χ1) is 10.3. The fourth-order valence-electron chi connectivity index (χ4n) is 2.05. The molecule has 1 heterocycles. The zero-order valence-electron chi connectivity index (χ0n) is 13.1. The highest BCUT2D eigenvalue weighted by Gasteiger charge is 2.29. The maximum Gasteiger partial charge on any atom is 0.330 e. The molecule has 0 radical (unpaired) electrons. The van der Waals surface area contributed by atoms with Crippen molar-refractivity contribution in [3.8, 4) is 5.75 Å². The lowest BCUT2D eigenvalue weighted by Gasteiger charge is -2.32. The average Bonchev–Trinajstić information content (AvgIpc) is 2.43. The van der Waals surface area contributed by atoms with E-state index in [9.17, 15) is 4.79 Å². The van der Waals surface area contributed by atoms with Gasteiger partial charge in [-0.1, -0.05) is 23.2 Å². The third-order valence-corrected chi connectivity index (χ3v) is 3.94. The number of hydrogen-bond donors (Lipinski definition) is 0. The molecule has 0 bridgehead atoms. The Morgan fingerprint density at radius 1 is 1.23 bits per heavy atom. The molecule has 0 aliphatic carbocycles. The van der Waals surface area contributed by atoms with Crippen LogP contribution in [0.5, 0.6) is 5.75 Å². The van der Waals surface area contributed by atoms with Gasteiger partial charge in [-0.05, 0) is 39.0 Å². The van der Waals surface area contributed by atoms with Gasteiger partial charge in [-0.3, -0.25) is 0 Å². The number of ether oxygens (including phenoxy) is 1. The summed E-state index contributed by atoms with van der Waals surface area (Å²) in [6.07, 6.45) is 1.61. The van der Waals surface area contributed by atoms with Gasteiger partial charge in [-0.25, -0.2) is 4.79 Å². The second kappa shape index (κ2) is 7.07. The van der Waals surface area contributed by atoms with E-state index in [1.165, 1.54) is 0 Å². The summed E-state index contributed by atoms with van der Waals surface area (Å²) in [7, 11) is 0. The number of carbonyl (C=O) groups is 1. The maximum atomic E-state index is 11.9. The molecule has 1 aromatic rings. The normalized spacial score (nSPS) is 17.3. The van der Waals surface area contributed by atoms with Crippen molar-refractivity contribution in [2.75, 3.05) is 13.1 Å². The fraction of sp³-hybridized carbons (Fsp3) is 0.562. The van der Waals surface area contributed by atoms with E-state index in [2.05, 4.69) is 0 Å². The highest BCUT2D eigenvalue weighted by Crippen LogP contribution is 2.30. The van der Waals surface area contributed by atoms with E-state index in [0.29, 0.717) is 28.9 Å². The van der Waals surface area contributed by atoms with E-state index >= 15 is 0 Å². The van der Waals surface area contributed by atoms with Crippen molar-refractivity contribution >= 4 is 29.2 Å². The van der Waals surface area contributed by atoms with Crippen LogP contribution in [0.4, 0.5) is 0 Å². The molecule has 0 saturated carbocycles. The summed E-state index contributed by atoms with van der Waals surface area (Å²) in [5.41, 5.74) is -0.496. The molecule has 0 atom stereocenters. The average molecular weight is 346 g/mol. The standard InChI is InChI=1S/C16H21Cl2NO3/c1-16(2,3)15(20)22-19-8-6-12(7-9-19)21-14-5-4-11(17)10-13(14)18/h4-5,10,12H,6-9H2,1-3H3. The molecule has 0 N–H and O–H groups in total. The monoisotopic (exact) mass is 345 g/mol. The number of piperidine rings is 1. The summed E-state index contributed by atoms with van der Waals surface area (Å²) in [6.45, 7) is 6.82. The van der Waals surface area contributed by atoms with Crippen molar-refractivity contribution in [1.29, 1.82) is 0 Å². The summed E-state index contributed by atoms with van der Waals surface area (Å²) in [6, 6.07) is 5.19. The molecule has 122 valence electrons. The summed E-state index contributed by atoms with van der Waals surface area (Å²) in [5.74, 6) is 0.420. The van der Waals surface area contributed by atoms with Gasteiger partial charge in [0.15, 0.2) is 0 Å². The first-order valence-electron chi connectivity index (χ1n) is 7.35. The molecule has 0 spiro atoms. The van der Waals surface area contributed by atoms with Crippen LogP contribution in [0.3, 0.4) is 0 Å². The molecule has 0 unspecified atom stereocenters. The molecule has 1 aliphatic rings. The molecular weight excluding hydrogens is 325 g/mol. The van der Waals surface area contributed by atoms with Crippen LogP contribution in [-0.2, 0) is 9.63 Å². The Morgan fingerprint density at radius 2 is 1.86 bits per heavy atom. The SMILES string of the molecule is CC(C)(C)C(=O)ON1CCC(Oc2ccc(Cl)cc2Cl)CC1. The van der Waals surface area contributed by atoms with Gasteiger partial charge in [0.25, 0.3) is 0 Å². The zero-order chi connectivity index (χ0) is 16.3. The van der Waals surface area contributed by atoms with Gasteiger partial charge in [-0.2, -0.15) is 0 Å². The smallest absolute Gasteiger partial charge is 0.330 e. The minimum atomic E-state index is -0.496. The van der Waals surface area contributed by atoms with Crippen LogP contribution < -0.4 is 4.74 Å². The third-order valence-electron chi connectivity index (χ3n) is 3.41. The Labute approximate surface area is 141 Å². The predicted octanol–water partition coefficient (Wildman–Crippen LogP) is 4.34. The Morgan fingerprint density at radius 3 is 2.41 bits per heavy atom. The molecule has 1 aromatic carbocycles. The largest absolute Gasteiger partial charge is 0.489 e. The van der Waals surface area contributed by atoms with Crippen LogP contribution in [0, 0.1) is 5.41 Å². The van der Waals surface area contributed by atoms with E-state index in [4.69, 9.17) is 32.8 Å². The second-order valence-corrected chi connectivity index (χ2v) is 7.29. The Hall–Kier alpha value is -0.970. The van der Waals surface area contributed by atoms with E-state index in [0.717, 1.165) is 12.8 Å². The molecule has 22 heavy (non-hydrogen) atoms. The molecule has 0 aromatic heterocycles. The van der Waals surface area contributed by atoms with E-state index < -0.39 is 5.41 Å². The lowest BCUT2D eigenvalue weighted by molar-refractivity contribution is -0.207. The molecular formula is C16H21Cl2NO3. The Bertz CT molecular complexity index is 535. The van der Waals surface area contributed by atoms with E-state index in [1.807, 2.05) is 20.8 Å². The van der Waals surface area contributed by atoms with Gasteiger partial charge in [0.1, 0.15) is 11.9 Å². The molecule has 2 rings (SSSR count). The van der Waals surface area contributed by atoms with Crippen molar-refractivity contribution < 1.29 is 14.4 Å². The van der Waals surface area contributed by atoms with Crippen LogP contribution >= 0.6 is 23.2 Å². The van der Waals surface area contributed by atoms with Crippen molar-refractivity contribution in [1.82, 2.24) is 5.06 Å². The second-order valence-electron chi connectivity index (χ2n) is 6.45. The molecule has 6 heteroatoms. The molecule has 0 amide bonds. The fourth-order valence-corrected chi connectivity index (χ4v) is 2.50. The van der Waals surface area contributed by atoms with Crippen LogP contribution in [-0.4, -0.2) is 30.2 Å². The quantitative estimate of drug-likeness (QED) is 0.816. The van der Waals surface area contributed by atoms with Gasteiger partial charge in [-0.15, -0.1) is 5.06 Å². The number of carbonyl (C=O) groups excluding carboxylic acids is 1. The summed E-state index contributed by atoms with van der Waals surface area (Å²) >= 11 is 12.0. The topological polar surface area (TPSA) is 38.8 Å². The summed E-state index contributed by atoms with van der Waals surface area (Å²) in [4.78, 5) is 17.2. The van der Waals surface area contributed by atoms with Crippen LogP contribution in [0.1, 0.15) is 33.6 Å². The molecule has 4 nitrogen and oxygen atoms in total. The van der Waals surface area contributed by atoms with Gasteiger partial charge >= 0.3 is 5.97 Å².